The summed E-state index contributed by atoms with van der Waals surface area (Å²) in [6.45, 7) is 4.41. The van der Waals surface area contributed by atoms with Gasteiger partial charge < -0.3 is 14.6 Å². The van der Waals surface area contributed by atoms with Crippen LogP contribution >= 0.6 is 0 Å². The Morgan fingerprint density at radius 2 is 2.00 bits per heavy atom. The molecule has 0 spiro atoms. The van der Waals surface area contributed by atoms with Gasteiger partial charge in [-0.15, -0.1) is 0 Å². The summed E-state index contributed by atoms with van der Waals surface area (Å²) >= 11 is 0. The Morgan fingerprint density at radius 3 is 2.62 bits per heavy atom. The predicted molar refractivity (Wildman–Crippen MR) is 59.9 cm³/mol. The average Bonchev–Trinajstić information content (AvgIpc) is 2.22. The third-order valence-corrected chi connectivity index (χ3v) is 2.20. The van der Waals surface area contributed by atoms with Gasteiger partial charge in [0.2, 0.25) is 0 Å². The largest absolute Gasteiger partial charge is 0.491 e. The maximum atomic E-state index is 10.1. The Morgan fingerprint density at radius 1 is 1.25 bits per heavy atom. The molecule has 0 amide bonds. The van der Waals surface area contributed by atoms with E-state index in [9.17, 15) is 4.79 Å². The third-order valence-electron chi connectivity index (χ3n) is 2.20. The average molecular weight is 224 g/mol. The van der Waals surface area contributed by atoms with E-state index < -0.39 is 5.97 Å². The lowest BCUT2D eigenvalue weighted by atomic mass is 10.1. The molecule has 1 aromatic rings. The van der Waals surface area contributed by atoms with Crippen molar-refractivity contribution in [3.63, 3.8) is 0 Å². The van der Waals surface area contributed by atoms with Gasteiger partial charge in [0.25, 0.3) is 0 Å². The Bertz CT molecular complexity index is 360. The van der Waals surface area contributed by atoms with Crippen LogP contribution in [0.2, 0.25) is 0 Å². The molecule has 4 nitrogen and oxygen atoms in total. The topological polar surface area (TPSA) is 55.8 Å². The van der Waals surface area contributed by atoms with Crippen molar-refractivity contribution in [3.05, 3.63) is 29.3 Å². The Labute approximate surface area is 94.8 Å². The lowest BCUT2D eigenvalue weighted by Crippen LogP contribution is -2.12. The Balaban J connectivity index is 2.27. The molecule has 1 aromatic carbocycles. The normalized spacial score (nSPS) is 10.1. The minimum Gasteiger partial charge on any atom is -0.491 e. The SMILES string of the molecule is Cc1ccc(OCCOCC(=O)O)cc1C. The summed E-state index contributed by atoms with van der Waals surface area (Å²) in [6, 6.07) is 5.83. The molecule has 0 fully saturated rings. The molecule has 0 aliphatic rings. The van der Waals surface area contributed by atoms with E-state index in [2.05, 4.69) is 0 Å². The van der Waals surface area contributed by atoms with Gasteiger partial charge in [-0.1, -0.05) is 6.07 Å². The first-order valence-corrected chi connectivity index (χ1v) is 5.09. The minimum atomic E-state index is -0.966. The predicted octanol–water partition coefficient (Wildman–Crippen LogP) is 1.78. The molecule has 16 heavy (non-hydrogen) atoms. The van der Waals surface area contributed by atoms with Crippen LogP contribution in [-0.2, 0) is 9.53 Å². The number of carbonyl (C=O) groups is 1. The second-order valence-corrected chi connectivity index (χ2v) is 3.54. The van der Waals surface area contributed by atoms with Crippen LogP contribution in [0.5, 0.6) is 5.75 Å². The quantitative estimate of drug-likeness (QED) is 0.748. The number of carboxylic acids is 1. The lowest BCUT2D eigenvalue weighted by molar-refractivity contribution is -0.142. The Kier molecular flexibility index (Phi) is 4.79. The van der Waals surface area contributed by atoms with Gasteiger partial charge in [0, 0.05) is 0 Å². The molecule has 0 saturated carbocycles. The van der Waals surface area contributed by atoms with Crippen LogP contribution in [0.15, 0.2) is 18.2 Å². The van der Waals surface area contributed by atoms with E-state index in [1.54, 1.807) is 0 Å². The first-order chi connectivity index (χ1) is 7.59. The maximum absolute atomic E-state index is 10.1. The van der Waals surface area contributed by atoms with E-state index in [0.717, 1.165) is 5.75 Å². The Hall–Kier alpha value is -1.55. The smallest absolute Gasteiger partial charge is 0.329 e. The van der Waals surface area contributed by atoms with Gasteiger partial charge in [-0.25, -0.2) is 4.79 Å². The number of hydrogen-bond donors (Lipinski definition) is 1. The van der Waals surface area contributed by atoms with Gasteiger partial charge in [0.05, 0.1) is 6.61 Å². The van der Waals surface area contributed by atoms with Crippen LogP contribution in [0.4, 0.5) is 0 Å². The molecule has 0 aliphatic carbocycles. The monoisotopic (exact) mass is 224 g/mol. The molecule has 0 heterocycles. The number of rotatable bonds is 6. The molecule has 1 N–H and O–H groups in total. The highest BCUT2D eigenvalue weighted by atomic mass is 16.5. The van der Waals surface area contributed by atoms with Crippen molar-refractivity contribution >= 4 is 5.97 Å². The van der Waals surface area contributed by atoms with Crippen LogP contribution in [0.1, 0.15) is 11.1 Å². The van der Waals surface area contributed by atoms with E-state index in [1.807, 2.05) is 32.0 Å². The van der Waals surface area contributed by atoms with Crippen molar-refractivity contribution < 1.29 is 19.4 Å². The van der Waals surface area contributed by atoms with Crippen molar-refractivity contribution in [1.29, 1.82) is 0 Å². The number of ether oxygens (including phenoxy) is 2. The number of aliphatic carboxylic acids is 1. The first kappa shape index (κ1) is 12.5. The zero-order chi connectivity index (χ0) is 12.0. The van der Waals surface area contributed by atoms with Crippen LogP contribution in [-0.4, -0.2) is 30.9 Å². The molecular formula is C12H16O4. The summed E-state index contributed by atoms with van der Waals surface area (Å²) in [4.78, 5) is 10.1. The molecule has 0 bridgehead atoms. The number of aryl methyl sites for hydroxylation is 2. The van der Waals surface area contributed by atoms with Gasteiger partial charge in [-0.3, -0.25) is 0 Å². The number of hydrogen-bond acceptors (Lipinski definition) is 3. The third kappa shape index (κ3) is 4.31. The zero-order valence-corrected chi connectivity index (χ0v) is 9.53. The number of carboxylic acid groups (broad SMARTS) is 1. The van der Waals surface area contributed by atoms with Gasteiger partial charge >= 0.3 is 5.97 Å². The van der Waals surface area contributed by atoms with E-state index in [1.165, 1.54) is 11.1 Å². The van der Waals surface area contributed by atoms with E-state index in [0.29, 0.717) is 6.61 Å². The maximum Gasteiger partial charge on any atom is 0.329 e. The zero-order valence-electron chi connectivity index (χ0n) is 9.53. The summed E-state index contributed by atoms with van der Waals surface area (Å²) in [5, 5.41) is 8.33. The van der Waals surface area contributed by atoms with Crippen molar-refractivity contribution in [2.45, 2.75) is 13.8 Å². The van der Waals surface area contributed by atoms with E-state index in [4.69, 9.17) is 14.6 Å². The van der Waals surface area contributed by atoms with Crippen molar-refractivity contribution in [3.8, 4) is 5.75 Å². The second kappa shape index (κ2) is 6.12. The van der Waals surface area contributed by atoms with Gasteiger partial charge in [0.1, 0.15) is 19.0 Å². The molecule has 0 radical (unpaired) electrons. The molecular weight excluding hydrogens is 208 g/mol. The summed E-state index contributed by atoms with van der Waals surface area (Å²) in [7, 11) is 0. The fourth-order valence-corrected chi connectivity index (χ4v) is 1.18. The van der Waals surface area contributed by atoms with Crippen LogP contribution in [0, 0.1) is 13.8 Å². The highest BCUT2D eigenvalue weighted by Crippen LogP contribution is 2.16. The van der Waals surface area contributed by atoms with E-state index >= 15 is 0 Å². The summed E-state index contributed by atoms with van der Waals surface area (Å²) in [5.74, 6) is -0.187. The van der Waals surface area contributed by atoms with Crippen LogP contribution in [0.25, 0.3) is 0 Å². The molecule has 0 saturated heterocycles. The van der Waals surface area contributed by atoms with Gasteiger partial charge in [0.15, 0.2) is 0 Å². The summed E-state index contributed by atoms with van der Waals surface area (Å²) < 4.78 is 10.3. The van der Waals surface area contributed by atoms with E-state index in [-0.39, 0.29) is 13.2 Å². The fourth-order valence-electron chi connectivity index (χ4n) is 1.18. The van der Waals surface area contributed by atoms with Crippen molar-refractivity contribution in [2.24, 2.45) is 0 Å². The molecule has 88 valence electrons. The van der Waals surface area contributed by atoms with Crippen LogP contribution in [0.3, 0.4) is 0 Å². The number of benzene rings is 1. The molecule has 0 unspecified atom stereocenters. The lowest BCUT2D eigenvalue weighted by Gasteiger charge is -2.08. The molecule has 0 aromatic heterocycles. The van der Waals surface area contributed by atoms with Gasteiger partial charge in [-0.2, -0.15) is 0 Å². The summed E-state index contributed by atoms with van der Waals surface area (Å²) in [5.41, 5.74) is 2.39. The molecule has 0 aliphatic heterocycles. The molecule has 1 rings (SSSR count). The summed E-state index contributed by atoms with van der Waals surface area (Å²) in [6.07, 6.45) is 0. The minimum absolute atomic E-state index is 0.277. The first-order valence-electron chi connectivity index (χ1n) is 5.09. The van der Waals surface area contributed by atoms with Gasteiger partial charge in [-0.05, 0) is 37.1 Å². The highest BCUT2D eigenvalue weighted by molar-refractivity contribution is 5.67. The van der Waals surface area contributed by atoms with Crippen LogP contribution < -0.4 is 4.74 Å². The highest BCUT2D eigenvalue weighted by Gasteiger charge is 1.98. The van der Waals surface area contributed by atoms with Crippen molar-refractivity contribution in [2.75, 3.05) is 19.8 Å². The standard InChI is InChI=1S/C12H16O4/c1-9-3-4-11(7-10(9)2)16-6-5-15-8-12(13)14/h3-4,7H,5-6,8H2,1-2H3,(H,13,14). The molecule has 0 atom stereocenters. The fraction of sp³-hybridized carbons (Fsp3) is 0.417. The second-order valence-electron chi connectivity index (χ2n) is 3.54. The van der Waals surface area contributed by atoms with Crippen molar-refractivity contribution in [1.82, 2.24) is 0 Å². The molecule has 4 heteroatoms.